The minimum Gasteiger partial charge on any atom is -0.506 e. The van der Waals surface area contributed by atoms with Crippen molar-refractivity contribution in [2.75, 3.05) is 18.9 Å². The lowest BCUT2D eigenvalue weighted by atomic mass is 10.1. The quantitative estimate of drug-likeness (QED) is 0.317. The molecule has 6 nitrogen and oxygen atoms in total. The number of phenolic OH excluding ortho intramolecular Hbond substituents is 1. The monoisotopic (exact) mass is 348 g/mol. The largest absolute Gasteiger partial charge is 0.506 e. The molecule has 0 aliphatic rings. The van der Waals surface area contributed by atoms with E-state index in [1.54, 1.807) is 30.3 Å². The predicted octanol–water partition coefficient (Wildman–Crippen LogP) is 2.22. The van der Waals surface area contributed by atoms with Crippen LogP contribution in [-0.2, 0) is 11.2 Å². The molecule has 0 bridgehead atoms. The molecule has 134 valence electrons. The Hall–Kier alpha value is -2.57. The number of rotatable bonds is 9. The molecule has 2 aromatic rings. The molecular weight excluding hydrogens is 321 g/mol. The van der Waals surface area contributed by atoms with E-state index in [4.69, 9.17) is 8.85 Å². The van der Waals surface area contributed by atoms with Crippen molar-refractivity contribution in [3.8, 4) is 11.5 Å². The topological polar surface area (TPSA) is 90.8 Å². The summed E-state index contributed by atoms with van der Waals surface area (Å²) < 4.78 is 26.1. The summed E-state index contributed by atoms with van der Waals surface area (Å²) in [6.45, 7) is 2.25. The molecule has 0 saturated carbocycles. The number of hydrogen-bond acceptors (Lipinski definition) is 5. The van der Waals surface area contributed by atoms with E-state index in [1.807, 2.05) is 6.92 Å². The standard InChI is InChI=1S/C19H24N2O4/c1-13(9-14-3-6-16(25-2)7-4-14)20-11-19(24)15-5-8-18(23)17(10-15)21-12-22/h3-8,10,12-13,19-20,23-24H,9,11H2,1-2H3,(H,21,22)/t13-,19+/m0/s1/i2+1D3. The molecule has 0 radical (unpaired) electrons. The number of anilines is 1. The van der Waals surface area contributed by atoms with E-state index in [-0.39, 0.29) is 29.8 Å². The molecule has 25 heavy (non-hydrogen) atoms. The third kappa shape index (κ3) is 5.48. The van der Waals surface area contributed by atoms with Crippen LogP contribution in [0.15, 0.2) is 42.5 Å². The summed E-state index contributed by atoms with van der Waals surface area (Å²) in [5.41, 5.74) is 1.79. The van der Waals surface area contributed by atoms with Gasteiger partial charge in [-0.1, -0.05) is 18.2 Å². The van der Waals surface area contributed by atoms with E-state index < -0.39 is 13.1 Å². The van der Waals surface area contributed by atoms with E-state index in [0.717, 1.165) is 5.56 Å². The molecule has 0 spiro atoms. The lowest BCUT2D eigenvalue weighted by Crippen LogP contribution is -2.32. The molecule has 4 N–H and O–H groups in total. The Bertz CT molecular complexity index is 782. The molecule has 0 aliphatic heterocycles. The number of ether oxygens (including phenoxy) is 1. The molecule has 0 saturated heterocycles. The summed E-state index contributed by atoms with van der Waals surface area (Å²) in [6.07, 6.45) is 0.319. The van der Waals surface area contributed by atoms with Crippen molar-refractivity contribution < 1.29 is 23.9 Å². The predicted molar refractivity (Wildman–Crippen MR) is 96.9 cm³/mol. The molecular formula is C19H24N2O4. The highest BCUT2D eigenvalue weighted by Gasteiger charge is 2.12. The van der Waals surface area contributed by atoms with Gasteiger partial charge in [0.25, 0.3) is 0 Å². The van der Waals surface area contributed by atoms with E-state index in [0.29, 0.717) is 18.4 Å². The summed E-state index contributed by atoms with van der Waals surface area (Å²) >= 11 is 0. The summed E-state index contributed by atoms with van der Waals surface area (Å²) in [5, 5.41) is 25.6. The van der Waals surface area contributed by atoms with E-state index >= 15 is 0 Å². The van der Waals surface area contributed by atoms with Crippen molar-refractivity contribution in [2.45, 2.75) is 25.5 Å². The van der Waals surface area contributed by atoms with Gasteiger partial charge in [0, 0.05) is 12.6 Å². The molecule has 2 rings (SSSR count). The smallest absolute Gasteiger partial charge is 0.211 e. The van der Waals surface area contributed by atoms with Crippen LogP contribution >= 0.6 is 0 Å². The first-order valence-corrected chi connectivity index (χ1v) is 7.90. The lowest BCUT2D eigenvalue weighted by Gasteiger charge is -2.18. The number of methoxy groups -OCH3 is 1. The van der Waals surface area contributed by atoms with Gasteiger partial charge in [0.2, 0.25) is 6.41 Å². The molecule has 2 aromatic carbocycles. The average molecular weight is 348 g/mol. The zero-order valence-corrected chi connectivity index (χ0v) is 13.9. The number of benzene rings is 2. The van der Waals surface area contributed by atoms with Crippen LogP contribution in [0.3, 0.4) is 0 Å². The first-order valence-electron chi connectivity index (χ1n) is 9.40. The second-order valence-electron chi connectivity index (χ2n) is 5.81. The van der Waals surface area contributed by atoms with Crippen LogP contribution < -0.4 is 15.4 Å². The van der Waals surface area contributed by atoms with Gasteiger partial charge in [0.15, 0.2) is 0 Å². The molecule has 2 atom stereocenters. The number of aromatic hydroxyl groups is 1. The second kappa shape index (κ2) is 9.05. The number of carbonyl (C=O) groups is 1. The van der Waals surface area contributed by atoms with Crippen LogP contribution in [0, 0.1) is 0 Å². The van der Waals surface area contributed by atoms with Crippen molar-refractivity contribution in [3.05, 3.63) is 53.6 Å². The second-order valence-corrected chi connectivity index (χ2v) is 5.81. The number of aliphatic hydroxyl groups excluding tert-OH is 1. The van der Waals surface area contributed by atoms with Gasteiger partial charge < -0.3 is 25.6 Å². The van der Waals surface area contributed by atoms with Gasteiger partial charge in [-0.3, -0.25) is 4.79 Å². The van der Waals surface area contributed by atoms with Crippen LogP contribution in [0.2, 0.25) is 0 Å². The number of phenols is 1. The van der Waals surface area contributed by atoms with Crippen LogP contribution in [-0.4, -0.2) is 36.2 Å². The molecule has 0 unspecified atom stereocenters. The maximum atomic E-state index is 10.6. The lowest BCUT2D eigenvalue weighted by molar-refractivity contribution is -0.105. The Morgan fingerprint density at radius 3 is 2.72 bits per heavy atom. The minimum atomic E-state index is -2.47. The number of aliphatic hydroxyl groups is 1. The Labute approximate surface area is 151 Å². The highest BCUT2D eigenvalue weighted by molar-refractivity contribution is 5.75. The van der Waals surface area contributed by atoms with Crippen molar-refractivity contribution in [3.63, 3.8) is 0 Å². The molecule has 1 amide bonds. The van der Waals surface area contributed by atoms with E-state index in [2.05, 4.69) is 10.6 Å². The van der Waals surface area contributed by atoms with Crippen LogP contribution in [0.25, 0.3) is 0 Å². The minimum absolute atomic E-state index is 0.0497. The van der Waals surface area contributed by atoms with Gasteiger partial charge in [-0.05, 0) is 48.7 Å². The first kappa shape index (κ1) is 14.7. The Morgan fingerprint density at radius 1 is 1.28 bits per heavy atom. The molecule has 0 aliphatic carbocycles. The number of amides is 1. The fourth-order valence-corrected chi connectivity index (χ4v) is 2.49. The number of hydrogen-bond donors (Lipinski definition) is 4. The van der Waals surface area contributed by atoms with Gasteiger partial charge in [0.05, 0.1) is 22.9 Å². The summed E-state index contributed by atoms with van der Waals surface area (Å²) in [4.78, 5) is 10.6. The highest BCUT2D eigenvalue weighted by Crippen LogP contribution is 2.26. The average Bonchev–Trinajstić information content (AvgIpc) is 2.62. The normalized spacial score (nSPS) is 15.4. The fourth-order valence-electron chi connectivity index (χ4n) is 2.49. The summed E-state index contributed by atoms with van der Waals surface area (Å²) in [7, 11) is -2.47. The summed E-state index contributed by atoms with van der Waals surface area (Å²) in [6, 6.07) is 11.4. The highest BCUT2D eigenvalue weighted by atomic mass is 16.5. The Balaban J connectivity index is 1.87. The zero-order valence-electron chi connectivity index (χ0n) is 16.9. The molecule has 0 fully saturated rings. The van der Waals surface area contributed by atoms with Gasteiger partial charge in [-0.25, -0.2) is 0 Å². The van der Waals surface area contributed by atoms with Crippen molar-refractivity contribution in [1.82, 2.24) is 5.32 Å². The molecule has 0 heterocycles. The van der Waals surface area contributed by atoms with Crippen molar-refractivity contribution >= 4 is 12.1 Å². The maximum absolute atomic E-state index is 10.6. The number of carbonyl (C=O) groups excluding carboxylic acids is 1. The maximum Gasteiger partial charge on any atom is 0.211 e. The van der Waals surface area contributed by atoms with E-state index in [1.165, 1.54) is 12.1 Å². The van der Waals surface area contributed by atoms with Gasteiger partial charge in [-0.15, -0.1) is 0 Å². The molecule has 0 aromatic heterocycles. The molecule has 6 heteroatoms. The fraction of sp³-hybridized carbons (Fsp3) is 0.316. The van der Waals surface area contributed by atoms with Gasteiger partial charge in [0.1, 0.15) is 11.5 Å². The Kier molecular flexibility index (Phi) is 5.34. The Morgan fingerprint density at radius 2 is 2.04 bits per heavy atom. The van der Waals surface area contributed by atoms with Crippen molar-refractivity contribution in [2.24, 2.45) is 0 Å². The van der Waals surface area contributed by atoms with Crippen molar-refractivity contribution in [1.29, 1.82) is 0 Å². The first-order chi connectivity index (χ1) is 13.2. The zero-order chi connectivity index (χ0) is 20.7. The SMILES string of the molecule is [2H][13C]([2H])([2H])Oc1ccc(C[C@H](C)NC[C@@H](O)c2ccc(O)c(NC=O)c2)cc1. The van der Waals surface area contributed by atoms with Gasteiger partial charge in [-0.2, -0.15) is 0 Å². The van der Waals surface area contributed by atoms with E-state index in [9.17, 15) is 15.0 Å². The third-order valence-corrected chi connectivity index (χ3v) is 3.86. The third-order valence-electron chi connectivity index (χ3n) is 3.86. The van der Waals surface area contributed by atoms with Crippen LogP contribution in [0.4, 0.5) is 5.69 Å². The van der Waals surface area contributed by atoms with Crippen LogP contribution in [0.1, 0.15) is 28.3 Å². The van der Waals surface area contributed by atoms with Gasteiger partial charge >= 0.3 is 0 Å². The number of nitrogens with one attached hydrogen (secondary N) is 2. The summed E-state index contributed by atoms with van der Waals surface area (Å²) in [5.74, 6) is 0.210. The van der Waals surface area contributed by atoms with Crippen LogP contribution in [0.5, 0.6) is 11.5 Å².